The summed E-state index contributed by atoms with van der Waals surface area (Å²) in [5.41, 5.74) is 3.11. The molecule has 3 fully saturated rings. The van der Waals surface area contributed by atoms with Crippen molar-refractivity contribution in [3.8, 4) is 11.4 Å². The molecule has 6 heterocycles. The number of nitrogens with zero attached hydrogens (tertiary/aromatic N) is 6. The van der Waals surface area contributed by atoms with Crippen LogP contribution in [-0.2, 0) is 4.74 Å². The van der Waals surface area contributed by atoms with Gasteiger partial charge in [-0.25, -0.2) is 15.0 Å². The molecular formula is C26H31N7OS. The quantitative estimate of drug-likeness (QED) is 0.449. The van der Waals surface area contributed by atoms with E-state index in [2.05, 4.69) is 43.9 Å². The molecule has 7 rings (SSSR count). The van der Waals surface area contributed by atoms with Gasteiger partial charge in [-0.05, 0) is 31.4 Å². The minimum atomic E-state index is 0.261. The number of H-pyrrole nitrogens is 1. The third-order valence-electron chi connectivity index (χ3n) is 7.60. The predicted molar refractivity (Wildman–Crippen MR) is 140 cm³/mol. The molecule has 0 amide bonds. The normalized spacial score (nSPS) is 21.0. The van der Waals surface area contributed by atoms with Gasteiger partial charge in [0.25, 0.3) is 0 Å². The molecule has 0 radical (unpaired) electrons. The average molecular weight is 490 g/mol. The standard InChI is InChI=1S/C26H31N7OS/c1-2-10-32(11-3-1)26(33-12-5-13-33)25-28-21-23(31-14-16-34-17-15-31)29-22(30-24(21)35-25)19-6-4-7-20-18(19)8-9-27-20/h4,6-9,26-27H,1-3,5,10-17H2. The van der Waals surface area contributed by atoms with Crippen molar-refractivity contribution in [2.45, 2.75) is 31.8 Å². The molecule has 3 aromatic heterocycles. The van der Waals surface area contributed by atoms with Crippen molar-refractivity contribution in [1.29, 1.82) is 0 Å². The lowest BCUT2D eigenvalue weighted by Crippen LogP contribution is -2.49. The highest BCUT2D eigenvalue weighted by Gasteiger charge is 2.34. The van der Waals surface area contributed by atoms with Crippen LogP contribution in [0.4, 0.5) is 5.82 Å². The Kier molecular flexibility index (Phi) is 5.65. The van der Waals surface area contributed by atoms with Gasteiger partial charge in [-0.2, -0.15) is 0 Å². The fraction of sp³-hybridized carbons (Fsp3) is 0.500. The fourth-order valence-corrected chi connectivity index (χ4v) is 6.73. The first-order valence-corrected chi connectivity index (χ1v) is 13.7. The number of thiazole rings is 1. The highest BCUT2D eigenvalue weighted by Crippen LogP contribution is 2.39. The Morgan fingerprint density at radius 3 is 2.43 bits per heavy atom. The molecule has 8 nitrogen and oxygen atoms in total. The third-order valence-corrected chi connectivity index (χ3v) is 8.59. The summed E-state index contributed by atoms with van der Waals surface area (Å²) in [6.07, 6.45) is 7.41. The van der Waals surface area contributed by atoms with Gasteiger partial charge in [0.05, 0.1) is 13.2 Å². The maximum Gasteiger partial charge on any atom is 0.163 e. The van der Waals surface area contributed by atoms with E-state index in [-0.39, 0.29) is 6.17 Å². The first kappa shape index (κ1) is 21.7. The van der Waals surface area contributed by atoms with Crippen molar-refractivity contribution in [3.63, 3.8) is 0 Å². The van der Waals surface area contributed by atoms with Crippen LogP contribution in [0.25, 0.3) is 32.6 Å². The first-order valence-electron chi connectivity index (χ1n) is 12.9. The number of benzene rings is 1. The number of nitrogens with one attached hydrogen (secondary N) is 1. The second-order valence-electron chi connectivity index (χ2n) is 9.78. The topological polar surface area (TPSA) is 73.4 Å². The van der Waals surface area contributed by atoms with Crippen LogP contribution in [0, 0.1) is 0 Å². The van der Waals surface area contributed by atoms with Gasteiger partial charge in [0.2, 0.25) is 0 Å². The number of morpholine rings is 1. The largest absolute Gasteiger partial charge is 0.378 e. The number of anilines is 1. The summed E-state index contributed by atoms with van der Waals surface area (Å²) in [5, 5.41) is 2.32. The molecule has 1 aromatic carbocycles. The molecule has 9 heteroatoms. The van der Waals surface area contributed by atoms with Gasteiger partial charge in [0.1, 0.15) is 21.5 Å². The van der Waals surface area contributed by atoms with Crippen molar-refractivity contribution in [3.05, 3.63) is 35.5 Å². The molecule has 1 atom stereocenters. The molecule has 1 N–H and O–H groups in total. The Bertz CT molecular complexity index is 1330. The Morgan fingerprint density at radius 1 is 0.857 bits per heavy atom. The molecule has 3 aliphatic heterocycles. The zero-order chi connectivity index (χ0) is 23.2. The van der Waals surface area contributed by atoms with Crippen LogP contribution in [0.2, 0.25) is 0 Å². The van der Waals surface area contributed by atoms with Crippen LogP contribution in [0.5, 0.6) is 0 Å². The van der Waals surface area contributed by atoms with Gasteiger partial charge < -0.3 is 14.6 Å². The second kappa shape index (κ2) is 9.13. The van der Waals surface area contributed by atoms with Gasteiger partial charge in [-0.1, -0.05) is 29.9 Å². The van der Waals surface area contributed by atoms with Crippen molar-refractivity contribution in [2.24, 2.45) is 0 Å². The van der Waals surface area contributed by atoms with Gasteiger partial charge in [-0.15, -0.1) is 0 Å². The lowest BCUT2D eigenvalue weighted by atomic mass is 10.1. The summed E-state index contributed by atoms with van der Waals surface area (Å²) in [6.45, 7) is 7.70. The maximum absolute atomic E-state index is 5.65. The SMILES string of the molecule is c1cc(-c2nc(N3CCOCC3)c3nc(C(N4CCCCC4)N4CCC4)sc3n2)c2cc[nH]c2c1. The highest BCUT2D eigenvalue weighted by atomic mass is 32.1. The minimum absolute atomic E-state index is 0.261. The minimum Gasteiger partial charge on any atom is -0.378 e. The summed E-state index contributed by atoms with van der Waals surface area (Å²) in [4.78, 5) is 27.4. The third kappa shape index (κ3) is 3.91. The number of ether oxygens (including phenoxy) is 1. The smallest absolute Gasteiger partial charge is 0.163 e. The number of aromatic nitrogens is 4. The van der Waals surface area contributed by atoms with Crippen molar-refractivity contribution < 1.29 is 4.74 Å². The number of piperidine rings is 1. The van der Waals surface area contributed by atoms with E-state index in [1.807, 2.05) is 6.20 Å². The summed E-state index contributed by atoms with van der Waals surface area (Å²) in [6, 6.07) is 8.41. The second-order valence-corrected chi connectivity index (χ2v) is 10.8. The van der Waals surface area contributed by atoms with Crippen LogP contribution >= 0.6 is 11.3 Å². The summed E-state index contributed by atoms with van der Waals surface area (Å²) >= 11 is 1.76. The molecule has 3 saturated heterocycles. The zero-order valence-corrected chi connectivity index (χ0v) is 20.8. The number of likely N-dealkylation sites (tertiary alicyclic amines) is 2. The van der Waals surface area contributed by atoms with Gasteiger partial charge in [-0.3, -0.25) is 9.80 Å². The van der Waals surface area contributed by atoms with Gasteiger partial charge in [0, 0.05) is 61.9 Å². The lowest BCUT2D eigenvalue weighted by Gasteiger charge is -2.44. The Hall–Kier alpha value is -2.59. The molecule has 0 spiro atoms. The van der Waals surface area contributed by atoms with E-state index >= 15 is 0 Å². The van der Waals surface area contributed by atoms with Crippen LogP contribution in [0.3, 0.4) is 0 Å². The van der Waals surface area contributed by atoms with E-state index in [1.165, 1.54) is 30.7 Å². The van der Waals surface area contributed by atoms with Gasteiger partial charge >= 0.3 is 0 Å². The van der Waals surface area contributed by atoms with Crippen molar-refractivity contribution >= 4 is 38.4 Å². The highest BCUT2D eigenvalue weighted by molar-refractivity contribution is 7.18. The number of hydrogen-bond donors (Lipinski definition) is 1. The number of rotatable bonds is 5. The number of aromatic amines is 1. The lowest BCUT2D eigenvalue weighted by molar-refractivity contribution is -0.00979. The molecule has 3 aliphatic rings. The maximum atomic E-state index is 5.65. The van der Waals surface area contributed by atoms with Crippen molar-refractivity contribution in [1.82, 2.24) is 29.7 Å². The van der Waals surface area contributed by atoms with Crippen LogP contribution < -0.4 is 4.90 Å². The molecular weight excluding hydrogens is 458 g/mol. The van der Waals surface area contributed by atoms with Crippen molar-refractivity contribution in [2.75, 3.05) is 57.4 Å². The van der Waals surface area contributed by atoms with Gasteiger partial charge in [0.15, 0.2) is 11.6 Å². The number of hydrogen-bond acceptors (Lipinski definition) is 8. The monoisotopic (exact) mass is 489 g/mol. The van der Waals surface area contributed by atoms with E-state index in [1.54, 1.807) is 11.3 Å². The number of fused-ring (bicyclic) bond motifs is 2. The molecule has 4 aromatic rings. The molecule has 1 unspecified atom stereocenters. The fourth-order valence-electron chi connectivity index (χ4n) is 5.62. The van der Waals surface area contributed by atoms with Crippen LogP contribution in [0.1, 0.15) is 36.9 Å². The van der Waals surface area contributed by atoms with Crippen LogP contribution in [-0.4, -0.2) is 82.2 Å². The van der Waals surface area contributed by atoms with E-state index in [0.29, 0.717) is 0 Å². The predicted octanol–water partition coefficient (Wildman–Crippen LogP) is 4.26. The first-order chi connectivity index (χ1) is 17.3. The van der Waals surface area contributed by atoms with Crippen LogP contribution in [0.15, 0.2) is 30.5 Å². The average Bonchev–Trinajstić information content (AvgIpc) is 3.53. The van der Waals surface area contributed by atoms with E-state index in [9.17, 15) is 0 Å². The molecule has 0 aliphatic carbocycles. The van der Waals surface area contributed by atoms with E-state index in [0.717, 1.165) is 90.9 Å². The molecule has 35 heavy (non-hydrogen) atoms. The van der Waals surface area contributed by atoms with E-state index < -0.39 is 0 Å². The molecule has 0 saturated carbocycles. The Morgan fingerprint density at radius 2 is 1.66 bits per heavy atom. The molecule has 182 valence electrons. The summed E-state index contributed by atoms with van der Waals surface area (Å²) in [5.74, 6) is 1.72. The Balaban J connectivity index is 1.37. The Labute approximate surface area is 208 Å². The summed E-state index contributed by atoms with van der Waals surface area (Å²) in [7, 11) is 0. The van der Waals surface area contributed by atoms with E-state index in [4.69, 9.17) is 19.7 Å². The zero-order valence-electron chi connectivity index (χ0n) is 19.9. The molecule has 0 bridgehead atoms. The summed E-state index contributed by atoms with van der Waals surface area (Å²) < 4.78 is 5.65.